The van der Waals surface area contributed by atoms with Crippen LogP contribution in [0.4, 0.5) is 0 Å². The fourth-order valence-electron chi connectivity index (χ4n) is 1.89. The van der Waals surface area contributed by atoms with E-state index in [1.807, 2.05) is 24.3 Å². The maximum Gasteiger partial charge on any atom is 0.139 e. The molecule has 4 heteroatoms. The number of nitrogens with one attached hydrogen (secondary N) is 1. The molecule has 0 aliphatic carbocycles. The van der Waals surface area contributed by atoms with Gasteiger partial charge in [-0.1, -0.05) is 0 Å². The van der Waals surface area contributed by atoms with E-state index < -0.39 is 0 Å². The third-order valence-corrected chi connectivity index (χ3v) is 3.31. The van der Waals surface area contributed by atoms with Crippen molar-refractivity contribution in [3.63, 3.8) is 0 Å². The van der Waals surface area contributed by atoms with Crippen LogP contribution in [0.15, 0.2) is 34.9 Å². The molecule has 0 spiro atoms. The van der Waals surface area contributed by atoms with E-state index >= 15 is 0 Å². The van der Waals surface area contributed by atoms with Crippen LogP contribution in [-0.4, -0.2) is 17.1 Å². The van der Waals surface area contributed by atoms with Crippen LogP contribution in [0, 0.1) is 0 Å². The van der Waals surface area contributed by atoms with Gasteiger partial charge in [0.25, 0.3) is 0 Å². The maximum absolute atomic E-state index is 5.20. The Hall–Kier alpha value is -1.55. The smallest absolute Gasteiger partial charge is 0.139 e. The van der Waals surface area contributed by atoms with Crippen LogP contribution in [0.1, 0.15) is 0 Å². The van der Waals surface area contributed by atoms with Gasteiger partial charge in [-0.05, 0) is 34.1 Å². The molecule has 0 amide bonds. The summed E-state index contributed by atoms with van der Waals surface area (Å²) < 4.78 is 6.25. The highest BCUT2D eigenvalue weighted by molar-refractivity contribution is 9.10. The molecular weight excluding hydrogens is 268 g/mol. The first-order valence-electron chi connectivity index (χ1n) is 4.89. The van der Waals surface area contributed by atoms with Crippen LogP contribution in [0.2, 0.25) is 0 Å². The van der Waals surface area contributed by atoms with Crippen molar-refractivity contribution >= 4 is 37.9 Å². The van der Waals surface area contributed by atoms with Crippen LogP contribution in [0.25, 0.3) is 21.9 Å². The lowest BCUT2D eigenvalue weighted by Gasteiger charge is -1.98. The molecule has 2 aromatic heterocycles. The van der Waals surface area contributed by atoms with Crippen molar-refractivity contribution in [2.75, 3.05) is 7.11 Å². The summed E-state index contributed by atoms with van der Waals surface area (Å²) in [4.78, 5) is 7.58. The van der Waals surface area contributed by atoms with E-state index in [0.29, 0.717) is 0 Å². The predicted molar refractivity (Wildman–Crippen MR) is 67.9 cm³/mol. The number of rotatable bonds is 1. The van der Waals surface area contributed by atoms with Gasteiger partial charge in [0.05, 0.1) is 12.6 Å². The second-order valence-electron chi connectivity index (χ2n) is 3.55. The van der Waals surface area contributed by atoms with Gasteiger partial charge >= 0.3 is 0 Å². The number of hydrogen-bond donors (Lipinski definition) is 1. The first kappa shape index (κ1) is 9.66. The molecule has 0 saturated carbocycles. The highest BCUT2D eigenvalue weighted by atomic mass is 79.9. The summed E-state index contributed by atoms with van der Waals surface area (Å²) in [6.45, 7) is 0. The van der Waals surface area contributed by atoms with Gasteiger partial charge in [0.2, 0.25) is 0 Å². The van der Waals surface area contributed by atoms with E-state index in [9.17, 15) is 0 Å². The second-order valence-corrected chi connectivity index (χ2v) is 4.41. The standard InChI is InChI=1S/C12H9BrN2O/c1-16-7-2-3-8-10(6-7)15-12-11(8)9(13)4-5-14-12/h2-6H,1H3,(H,14,15). The number of hydrogen-bond acceptors (Lipinski definition) is 2. The van der Waals surface area contributed by atoms with E-state index in [1.165, 1.54) is 0 Å². The Labute approximate surface area is 101 Å². The molecule has 0 aliphatic rings. The summed E-state index contributed by atoms with van der Waals surface area (Å²) in [7, 11) is 1.66. The average Bonchev–Trinajstić information content (AvgIpc) is 2.67. The number of pyridine rings is 1. The van der Waals surface area contributed by atoms with E-state index in [2.05, 4.69) is 25.9 Å². The summed E-state index contributed by atoms with van der Waals surface area (Å²) in [6.07, 6.45) is 1.78. The zero-order chi connectivity index (χ0) is 11.1. The third kappa shape index (κ3) is 1.30. The topological polar surface area (TPSA) is 37.9 Å². The summed E-state index contributed by atoms with van der Waals surface area (Å²) in [5, 5.41) is 2.26. The molecule has 3 aromatic rings. The number of nitrogens with zero attached hydrogens (tertiary/aromatic N) is 1. The molecule has 3 nitrogen and oxygen atoms in total. The van der Waals surface area contributed by atoms with Gasteiger partial charge in [-0.3, -0.25) is 0 Å². The molecule has 1 N–H and O–H groups in total. The molecule has 16 heavy (non-hydrogen) atoms. The van der Waals surface area contributed by atoms with Crippen LogP contribution in [0.5, 0.6) is 5.75 Å². The normalized spacial score (nSPS) is 11.1. The first-order chi connectivity index (χ1) is 7.79. The molecule has 0 atom stereocenters. The fourth-order valence-corrected chi connectivity index (χ4v) is 2.41. The Morgan fingerprint density at radius 2 is 2.19 bits per heavy atom. The number of aromatic nitrogens is 2. The molecule has 80 valence electrons. The molecule has 0 unspecified atom stereocenters. The third-order valence-electron chi connectivity index (χ3n) is 2.65. The summed E-state index contributed by atoms with van der Waals surface area (Å²) in [5.74, 6) is 0.843. The Morgan fingerprint density at radius 1 is 1.31 bits per heavy atom. The minimum atomic E-state index is 0.843. The lowest BCUT2D eigenvalue weighted by molar-refractivity contribution is 0.415. The molecule has 0 fully saturated rings. The van der Waals surface area contributed by atoms with Gasteiger partial charge in [-0.2, -0.15) is 0 Å². The zero-order valence-electron chi connectivity index (χ0n) is 8.62. The Balaban J connectivity index is 2.47. The molecule has 2 heterocycles. The van der Waals surface area contributed by atoms with E-state index in [-0.39, 0.29) is 0 Å². The lowest BCUT2D eigenvalue weighted by Crippen LogP contribution is -1.80. The molecule has 3 rings (SSSR count). The minimum Gasteiger partial charge on any atom is -0.497 e. The highest BCUT2D eigenvalue weighted by Gasteiger charge is 2.08. The van der Waals surface area contributed by atoms with Crippen molar-refractivity contribution in [2.24, 2.45) is 0 Å². The highest BCUT2D eigenvalue weighted by Crippen LogP contribution is 2.31. The van der Waals surface area contributed by atoms with Crippen molar-refractivity contribution in [1.82, 2.24) is 9.97 Å². The number of ether oxygens (including phenoxy) is 1. The number of H-pyrrole nitrogens is 1. The molecule has 0 bridgehead atoms. The molecule has 1 aromatic carbocycles. The van der Waals surface area contributed by atoms with Crippen LogP contribution in [-0.2, 0) is 0 Å². The molecular formula is C12H9BrN2O. The number of aromatic amines is 1. The van der Waals surface area contributed by atoms with Crippen LogP contribution in [0.3, 0.4) is 0 Å². The monoisotopic (exact) mass is 276 g/mol. The fraction of sp³-hybridized carbons (Fsp3) is 0.0833. The van der Waals surface area contributed by atoms with Crippen molar-refractivity contribution < 1.29 is 4.74 Å². The lowest BCUT2D eigenvalue weighted by atomic mass is 10.2. The number of benzene rings is 1. The Morgan fingerprint density at radius 3 is 3.00 bits per heavy atom. The van der Waals surface area contributed by atoms with Crippen molar-refractivity contribution in [3.8, 4) is 5.75 Å². The Kier molecular flexibility index (Phi) is 2.11. The SMILES string of the molecule is COc1ccc2c(c1)[nH]c1nccc(Br)c12. The summed E-state index contributed by atoms with van der Waals surface area (Å²) >= 11 is 3.54. The number of fused-ring (bicyclic) bond motifs is 3. The Bertz CT molecular complexity index is 675. The van der Waals surface area contributed by atoms with E-state index in [1.54, 1.807) is 13.3 Å². The van der Waals surface area contributed by atoms with Crippen molar-refractivity contribution in [3.05, 3.63) is 34.9 Å². The van der Waals surface area contributed by atoms with Crippen molar-refractivity contribution in [1.29, 1.82) is 0 Å². The van der Waals surface area contributed by atoms with E-state index in [4.69, 9.17) is 4.74 Å². The first-order valence-corrected chi connectivity index (χ1v) is 5.69. The van der Waals surface area contributed by atoms with Crippen molar-refractivity contribution in [2.45, 2.75) is 0 Å². The van der Waals surface area contributed by atoms with Gasteiger partial charge in [-0.15, -0.1) is 0 Å². The zero-order valence-corrected chi connectivity index (χ0v) is 10.2. The van der Waals surface area contributed by atoms with Gasteiger partial charge in [-0.25, -0.2) is 4.98 Å². The second kappa shape index (κ2) is 3.49. The van der Waals surface area contributed by atoms with Gasteiger partial charge in [0, 0.05) is 27.5 Å². The summed E-state index contributed by atoms with van der Waals surface area (Å²) in [5.41, 5.74) is 1.92. The number of halogens is 1. The number of methoxy groups -OCH3 is 1. The summed E-state index contributed by atoms with van der Waals surface area (Å²) in [6, 6.07) is 7.91. The van der Waals surface area contributed by atoms with Gasteiger partial charge in [0.1, 0.15) is 11.4 Å². The maximum atomic E-state index is 5.20. The van der Waals surface area contributed by atoms with Crippen LogP contribution < -0.4 is 4.74 Å². The molecule has 0 radical (unpaired) electrons. The molecule has 0 aliphatic heterocycles. The largest absolute Gasteiger partial charge is 0.497 e. The van der Waals surface area contributed by atoms with Gasteiger partial charge < -0.3 is 9.72 Å². The van der Waals surface area contributed by atoms with E-state index in [0.717, 1.165) is 32.2 Å². The quantitative estimate of drug-likeness (QED) is 0.739. The molecule has 0 saturated heterocycles. The van der Waals surface area contributed by atoms with Gasteiger partial charge in [0.15, 0.2) is 0 Å². The van der Waals surface area contributed by atoms with Crippen LogP contribution >= 0.6 is 15.9 Å². The average molecular weight is 277 g/mol. The predicted octanol–water partition coefficient (Wildman–Crippen LogP) is 3.49. The minimum absolute atomic E-state index is 0.843.